The molecule has 2 aliphatic rings. The molecule has 0 atom stereocenters. The first-order valence-electron chi connectivity index (χ1n) is 18.9. The summed E-state index contributed by atoms with van der Waals surface area (Å²) in [6.45, 7) is 16.0. The second kappa shape index (κ2) is 16.2. The topological polar surface area (TPSA) is 119 Å². The molecule has 0 N–H and O–H groups in total. The van der Waals surface area contributed by atoms with Crippen LogP contribution in [0.3, 0.4) is 0 Å². The Morgan fingerprint density at radius 3 is 2.26 bits per heavy atom. The first-order chi connectivity index (χ1) is 24.9. The van der Waals surface area contributed by atoms with Gasteiger partial charge < -0.3 is 28.9 Å². The number of amides is 1. The number of likely N-dealkylation sites (N-methyl/N-ethyl adjacent to an activating group) is 2. The van der Waals surface area contributed by atoms with Crippen LogP contribution in [0.2, 0.25) is 0 Å². The Hall–Kier alpha value is -4.61. The number of fused-ring (bicyclic) bond motifs is 1. The van der Waals surface area contributed by atoms with E-state index in [2.05, 4.69) is 22.6 Å². The molecule has 1 aliphatic heterocycles. The van der Waals surface area contributed by atoms with Crippen molar-refractivity contribution in [2.75, 3.05) is 50.6 Å². The number of anilines is 2. The standard InChI is InChI=1S/C41H58N6O6/c1-27-33(24-42-47(27)25-28-14-12-11-13-15-28)31-16-17-35(43-36(31)38(49)52-40(2,3)4)46-19-18-29-22-30(23-32(34(29)26-46)37(48)51-10)44(8)20-21-45(9)39(50)53-41(5,6)7/h16-17,22-24,28H,11-15,18-21,25-26H2,1-10H3. The number of methoxy groups -OCH3 is 1. The summed E-state index contributed by atoms with van der Waals surface area (Å²) >= 11 is 0. The third-order valence-electron chi connectivity index (χ3n) is 10.00. The summed E-state index contributed by atoms with van der Waals surface area (Å²) in [6, 6.07) is 7.83. The quantitative estimate of drug-likeness (QED) is 0.154. The van der Waals surface area contributed by atoms with Gasteiger partial charge in [0.25, 0.3) is 0 Å². The van der Waals surface area contributed by atoms with E-state index in [9.17, 15) is 14.4 Å². The van der Waals surface area contributed by atoms with Crippen LogP contribution in [0.5, 0.6) is 0 Å². The molecule has 0 bridgehead atoms. The van der Waals surface area contributed by atoms with Crippen LogP contribution in [0, 0.1) is 12.8 Å². The predicted molar refractivity (Wildman–Crippen MR) is 207 cm³/mol. The van der Waals surface area contributed by atoms with Gasteiger partial charge in [-0.2, -0.15) is 5.10 Å². The summed E-state index contributed by atoms with van der Waals surface area (Å²) in [7, 11) is 5.03. The maximum Gasteiger partial charge on any atom is 0.410 e. The molecule has 3 aromatic rings. The van der Waals surface area contributed by atoms with Crippen molar-refractivity contribution in [2.24, 2.45) is 5.92 Å². The summed E-state index contributed by atoms with van der Waals surface area (Å²) in [4.78, 5) is 50.1. The number of rotatable bonds is 10. The molecule has 12 nitrogen and oxygen atoms in total. The maximum absolute atomic E-state index is 13.8. The number of ether oxygens (including phenoxy) is 3. The lowest BCUT2D eigenvalue weighted by Crippen LogP contribution is -2.38. The minimum absolute atomic E-state index is 0.241. The van der Waals surface area contributed by atoms with Crippen LogP contribution in [0.1, 0.15) is 111 Å². The molecule has 3 heterocycles. The van der Waals surface area contributed by atoms with Crippen molar-refractivity contribution in [1.29, 1.82) is 0 Å². The minimum atomic E-state index is -0.707. The monoisotopic (exact) mass is 730 g/mol. The summed E-state index contributed by atoms with van der Waals surface area (Å²) < 4.78 is 18.7. The van der Waals surface area contributed by atoms with Gasteiger partial charge in [0.05, 0.1) is 18.9 Å². The van der Waals surface area contributed by atoms with Gasteiger partial charge in [-0.3, -0.25) is 4.68 Å². The molecular formula is C41H58N6O6. The lowest BCUT2D eigenvalue weighted by molar-refractivity contribution is 0.00632. The Balaban J connectivity index is 1.41. The van der Waals surface area contributed by atoms with Crippen molar-refractivity contribution in [1.82, 2.24) is 19.7 Å². The van der Waals surface area contributed by atoms with E-state index in [0.717, 1.165) is 34.6 Å². The first-order valence-corrected chi connectivity index (χ1v) is 18.9. The van der Waals surface area contributed by atoms with Crippen LogP contribution in [0.15, 0.2) is 30.5 Å². The number of pyridine rings is 1. The molecule has 0 spiro atoms. The van der Waals surface area contributed by atoms with Crippen LogP contribution in [0.4, 0.5) is 16.3 Å². The number of hydrogen-bond acceptors (Lipinski definition) is 10. The molecular weight excluding hydrogens is 672 g/mol. The highest BCUT2D eigenvalue weighted by atomic mass is 16.6. The summed E-state index contributed by atoms with van der Waals surface area (Å²) in [5.41, 5.74) is 4.73. The Morgan fingerprint density at radius 1 is 0.906 bits per heavy atom. The van der Waals surface area contributed by atoms with Crippen LogP contribution in [-0.2, 0) is 33.7 Å². The molecule has 1 aliphatic carbocycles. The second-order valence-electron chi connectivity index (χ2n) is 16.5. The van der Waals surface area contributed by atoms with E-state index in [1.54, 1.807) is 11.9 Å². The van der Waals surface area contributed by atoms with Gasteiger partial charge in [0.1, 0.15) is 17.0 Å². The third kappa shape index (κ3) is 9.88. The van der Waals surface area contributed by atoms with Crippen LogP contribution < -0.4 is 9.80 Å². The van der Waals surface area contributed by atoms with Crippen molar-refractivity contribution >= 4 is 29.5 Å². The number of aromatic nitrogens is 3. The Bertz CT molecular complexity index is 1800. The Morgan fingerprint density at radius 2 is 1.60 bits per heavy atom. The highest BCUT2D eigenvalue weighted by molar-refractivity contribution is 5.96. The number of carbonyl (C=O) groups is 3. The van der Waals surface area contributed by atoms with Gasteiger partial charge >= 0.3 is 18.0 Å². The number of carbonyl (C=O) groups excluding carboxylic acids is 3. The largest absolute Gasteiger partial charge is 0.465 e. The number of nitrogens with zero attached hydrogens (tertiary/aromatic N) is 6. The molecule has 12 heteroatoms. The van der Waals surface area contributed by atoms with Crippen molar-refractivity contribution in [3.63, 3.8) is 0 Å². The third-order valence-corrected chi connectivity index (χ3v) is 10.00. The molecule has 0 radical (unpaired) electrons. The molecule has 1 aromatic carbocycles. The van der Waals surface area contributed by atoms with E-state index in [-0.39, 0.29) is 11.8 Å². The zero-order valence-electron chi connectivity index (χ0n) is 33.4. The molecule has 288 valence electrons. The molecule has 1 amide bonds. The second-order valence-corrected chi connectivity index (χ2v) is 16.5. The van der Waals surface area contributed by atoms with Gasteiger partial charge in [-0.05, 0) is 109 Å². The average Bonchev–Trinajstić information content (AvgIpc) is 3.46. The lowest BCUT2D eigenvalue weighted by atomic mass is 9.89. The van der Waals surface area contributed by atoms with Crippen LogP contribution >= 0.6 is 0 Å². The maximum atomic E-state index is 13.8. The van der Waals surface area contributed by atoms with Gasteiger partial charge in [0.15, 0.2) is 5.69 Å². The fraction of sp³-hybridized carbons (Fsp3) is 0.585. The van der Waals surface area contributed by atoms with Gasteiger partial charge in [-0.25, -0.2) is 19.4 Å². The summed E-state index contributed by atoms with van der Waals surface area (Å²) in [6.07, 6.45) is 8.38. The molecule has 2 aromatic heterocycles. The van der Waals surface area contributed by atoms with Crippen molar-refractivity contribution < 1.29 is 28.6 Å². The first kappa shape index (κ1) is 39.6. The van der Waals surface area contributed by atoms with E-state index < -0.39 is 23.1 Å². The van der Waals surface area contributed by atoms with Crippen molar-refractivity contribution in [3.05, 3.63) is 58.5 Å². The zero-order valence-corrected chi connectivity index (χ0v) is 33.4. The molecule has 1 fully saturated rings. The summed E-state index contributed by atoms with van der Waals surface area (Å²) in [5, 5.41) is 4.75. The van der Waals surface area contributed by atoms with Gasteiger partial charge in [0.2, 0.25) is 0 Å². The van der Waals surface area contributed by atoms with E-state index in [0.29, 0.717) is 55.5 Å². The van der Waals surface area contributed by atoms with Crippen molar-refractivity contribution in [2.45, 2.75) is 111 Å². The van der Waals surface area contributed by atoms with Gasteiger partial charge in [0, 0.05) is 69.3 Å². The lowest BCUT2D eigenvalue weighted by Gasteiger charge is -2.33. The molecule has 1 saturated carbocycles. The fourth-order valence-corrected chi connectivity index (χ4v) is 7.05. The predicted octanol–water partition coefficient (Wildman–Crippen LogP) is 7.44. The average molecular weight is 731 g/mol. The van der Waals surface area contributed by atoms with Crippen LogP contribution in [-0.4, -0.2) is 89.7 Å². The van der Waals surface area contributed by atoms with E-state index in [1.165, 1.54) is 39.2 Å². The molecule has 0 unspecified atom stereocenters. The normalized spacial score (nSPS) is 15.1. The van der Waals surface area contributed by atoms with Crippen LogP contribution in [0.25, 0.3) is 11.1 Å². The van der Waals surface area contributed by atoms with E-state index >= 15 is 0 Å². The molecule has 0 saturated heterocycles. The van der Waals surface area contributed by atoms with Gasteiger partial charge in [-0.1, -0.05) is 19.3 Å². The number of esters is 2. The van der Waals surface area contributed by atoms with Crippen molar-refractivity contribution in [3.8, 4) is 11.1 Å². The smallest absolute Gasteiger partial charge is 0.410 e. The highest BCUT2D eigenvalue weighted by Crippen LogP contribution is 2.34. The summed E-state index contributed by atoms with van der Waals surface area (Å²) in [5.74, 6) is 0.309. The SMILES string of the molecule is COC(=O)c1cc(N(C)CCN(C)C(=O)OC(C)(C)C)cc2c1CN(c1ccc(-c3cnn(CC4CCCCC4)c3C)c(C(=O)OC(C)(C)C)n1)CC2. The van der Waals surface area contributed by atoms with E-state index in [1.807, 2.05) is 77.9 Å². The van der Waals surface area contributed by atoms with Gasteiger partial charge in [-0.15, -0.1) is 0 Å². The molecule has 53 heavy (non-hydrogen) atoms. The fourth-order valence-electron chi connectivity index (χ4n) is 7.05. The number of hydrogen-bond donors (Lipinski definition) is 0. The highest BCUT2D eigenvalue weighted by Gasteiger charge is 2.29. The molecule has 5 rings (SSSR count). The number of benzene rings is 1. The Labute approximate surface area is 314 Å². The minimum Gasteiger partial charge on any atom is -0.465 e. The Kier molecular flexibility index (Phi) is 12.1. The van der Waals surface area contributed by atoms with E-state index in [4.69, 9.17) is 24.3 Å². The zero-order chi connectivity index (χ0) is 38.7.